The van der Waals surface area contributed by atoms with E-state index in [0.29, 0.717) is 12.5 Å². The van der Waals surface area contributed by atoms with Crippen LogP contribution in [0.5, 0.6) is 0 Å². The van der Waals surface area contributed by atoms with Gasteiger partial charge in [-0.3, -0.25) is 0 Å². The second-order valence-electron chi connectivity index (χ2n) is 4.47. The Bertz CT molecular complexity index is 356. The molecule has 2 N–H and O–H groups in total. The van der Waals surface area contributed by atoms with Crippen molar-refractivity contribution in [2.45, 2.75) is 37.8 Å². The summed E-state index contributed by atoms with van der Waals surface area (Å²) in [4.78, 5) is 0. The number of nitrogens with zero attached hydrogens (tertiary/aromatic N) is 3. The maximum absolute atomic E-state index is 9.65. The molecule has 2 unspecified atom stereocenters. The van der Waals surface area contributed by atoms with Crippen molar-refractivity contribution in [1.29, 1.82) is 0 Å². The number of aliphatic hydroxyl groups is 1. The van der Waals surface area contributed by atoms with Gasteiger partial charge in [0.15, 0.2) is 0 Å². The molecule has 1 saturated heterocycles. The molecule has 3 rings (SSSR count). The monoisotopic (exact) mass is 208 g/mol. The predicted molar refractivity (Wildman–Crippen MR) is 54.6 cm³/mol. The molecular formula is C10H16N4O. The summed E-state index contributed by atoms with van der Waals surface area (Å²) >= 11 is 0. The van der Waals surface area contributed by atoms with Gasteiger partial charge >= 0.3 is 0 Å². The highest BCUT2D eigenvalue weighted by molar-refractivity contribution is 5.07. The van der Waals surface area contributed by atoms with Crippen molar-refractivity contribution in [2.75, 3.05) is 13.1 Å². The third-order valence-corrected chi connectivity index (χ3v) is 3.38. The summed E-state index contributed by atoms with van der Waals surface area (Å²) < 4.78 is 2.12. The van der Waals surface area contributed by atoms with E-state index in [1.54, 1.807) is 0 Å². The minimum absolute atomic E-state index is 0.221. The van der Waals surface area contributed by atoms with Crippen molar-refractivity contribution in [1.82, 2.24) is 20.1 Å². The molecule has 0 amide bonds. The molecule has 2 aliphatic rings. The molecular weight excluding hydrogens is 192 g/mol. The summed E-state index contributed by atoms with van der Waals surface area (Å²) in [6, 6.07) is 0. The highest BCUT2D eigenvalue weighted by Crippen LogP contribution is 2.24. The van der Waals surface area contributed by atoms with Gasteiger partial charge in [0, 0.05) is 18.9 Å². The van der Waals surface area contributed by atoms with Crippen LogP contribution in [-0.4, -0.2) is 39.1 Å². The number of aliphatic hydroxyl groups excluding tert-OH is 1. The van der Waals surface area contributed by atoms with Gasteiger partial charge in [-0.25, -0.2) is 0 Å². The third kappa shape index (κ3) is 1.55. The van der Waals surface area contributed by atoms with Crippen molar-refractivity contribution < 1.29 is 5.11 Å². The SMILES string of the molecule is OC1CCc2nnc(C3CCNC3)n2C1. The maximum Gasteiger partial charge on any atom is 0.137 e. The fourth-order valence-corrected chi connectivity index (χ4v) is 2.51. The molecule has 82 valence electrons. The van der Waals surface area contributed by atoms with Gasteiger partial charge in [-0.2, -0.15) is 0 Å². The largest absolute Gasteiger partial charge is 0.391 e. The first kappa shape index (κ1) is 9.30. The number of fused-ring (bicyclic) bond motifs is 1. The lowest BCUT2D eigenvalue weighted by atomic mass is 10.1. The number of hydrogen-bond donors (Lipinski definition) is 2. The van der Waals surface area contributed by atoms with Crippen molar-refractivity contribution in [3.8, 4) is 0 Å². The first-order valence-corrected chi connectivity index (χ1v) is 5.65. The topological polar surface area (TPSA) is 63.0 Å². The van der Waals surface area contributed by atoms with Crippen LogP contribution in [0.25, 0.3) is 0 Å². The summed E-state index contributed by atoms with van der Waals surface area (Å²) in [6.45, 7) is 2.73. The lowest BCUT2D eigenvalue weighted by Crippen LogP contribution is -2.26. The molecule has 0 saturated carbocycles. The minimum atomic E-state index is -0.221. The zero-order valence-corrected chi connectivity index (χ0v) is 8.69. The number of nitrogens with one attached hydrogen (secondary N) is 1. The Balaban J connectivity index is 1.92. The van der Waals surface area contributed by atoms with E-state index in [4.69, 9.17) is 0 Å². The summed E-state index contributed by atoms with van der Waals surface area (Å²) in [5.41, 5.74) is 0. The Morgan fingerprint density at radius 1 is 1.33 bits per heavy atom. The number of aromatic nitrogens is 3. The fraction of sp³-hybridized carbons (Fsp3) is 0.800. The number of rotatable bonds is 1. The van der Waals surface area contributed by atoms with E-state index < -0.39 is 0 Å². The molecule has 0 radical (unpaired) electrons. The molecule has 1 aromatic heterocycles. The van der Waals surface area contributed by atoms with Crippen LogP contribution in [0.1, 0.15) is 30.4 Å². The van der Waals surface area contributed by atoms with Gasteiger partial charge in [-0.1, -0.05) is 0 Å². The minimum Gasteiger partial charge on any atom is -0.391 e. The van der Waals surface area contributed by atoms with Gasteiger partial charge in [0.1, 0.15) is 11.6 Å². The van der Waals surface area contributed by atoms with Crippen LogP contribution < -0.4 is 5.32 Å². The Kier molecular flexibility index (Phi) is 2.21. The smallest absolute Gasteiger partial charge is 0.137 e. The highest BCUT2D eigenvalue weighted by Gasteiger charge is 2.27. The summed E-state index contributed by atoms with van der Waals surface area (Å²) in [5, 5.41) is 21.5. The molecule has 0 aromatic carbocycles. The Morgan fingerprint density at radius 2 is 2.27 bits per heavy atom. The molecule has 5 heteroatoms. The lowest BCUT2D eigenvalue weighted by molar-refractivity contribution is 0.128. The molecule has 0 aliphatic carbocycles. The molecule has 5 nitrogen and oxygen atoms in total. The molecule has 1 aromatic rings. The van der Waals surface area contributed by atoms with E-state index in [1.165, 1.54) is 0 Å². The number of aryl methyl sites for hydroxylation is 1. The lowest BCUT2D eigenvalue weighted by Gasteiger charge is -2.21. The van der Waals surface area contributed by atoms with E-state index in [9.17, 15) is 5.11 Å². The summed E-state index contributed by atoms with van der Waals surface area (Å²) in [7, 11) is 0. The van der Waals surface area contributed by atoms with E-state index >= 15 is 0 Å². The van der Waals surface area contributed by atoms with Crippen LogP contribution in [-0.2, 0) is 13.0 Å². The van der Waals surface area contributed by atoms with Crippen molar-refractivity contribution in [3.05, 3.63) is 11.6 Å². The first-order chi connectivity index (χ1) is 7.34. The Labute approximate surface area is 88.5 Å². The Hall–Kier alpha value is -0.940. The van der Waals surface area contributed by atoms with E-state index in [0.717, 1.165) is 44.0 Å². The Morgan fingerprint density at radius 3 is 3.07 bits per heavy atom. The number of hydrogen-bond acceptors (Lipinski definition) is 4. The first-order valence-electron chi connectivity index (χ1n) is 5.65. The van der Waals surface area contributed by atoms with Crippen molar-refractivity contribution in [3.63, 3.8) is 0 Å². The standard InChI is InChI=1S/C10H16N4O/c15-8-1-2-9-12-13-10(14(9)6-8)7-3-4-11-5-7/h7-8,11,15H,1-6H2. The molecule has 3 heterocycles. The van der Waals surface area contributed by atoms with Gasteiger partial charge in [-0.15, -0.1) is 10.2 Å². The normalized spacial score (nSPS) is 30.5. The van der Waals surface area contributed by atoms with Gasteiger partial charge in [-0.05, 0) is 19.4 Å². The predicted octanol–water partition coefficient (Wildman–Crippen LogP) is -0.338. The molecule has 1 fully saturated rings. The molecule has 0 spiro atoms. The summed E-state index contributed by atoms with van der Waals surface area (Å²) in [5.74, 6) is 2.59. The van der Waals surface area contributed by atoms with E-state index in [2.05, 4.69) is 20.1 Å². The fourth-order valence-electron chi connectivity index (χ4n) is 2.51. The van der Waals surface area contributed by atoms with Gasteiger partial charge < -0.3 is 15.0 Å². The molecule has 2 atom stereocenters. The van der Waals surface area contributed by atoms with Crippen molar-refractivity contribution in [2.24, 2.45) is 0 Å². The second-order valence-corrected chi connectivity index (χ2v) is 4.47. The molecule has 0 bridgehead atoms. The molecule has 15 heavy (non-hydrogen) atoms. The zero-order valence-electron chi connectivity index (χ0n) is 8.69. The quantitative estimate of drug-likeness (QED) is 0.663. The van der Waals surface area contributed by atoms with Crippen molar-refractivity contribution >= 4 is 0 Å². The van der Waals surface area contributed by atoms with Gasteiger partial charge in [0.2, 0.25) is 0 Å². The highest BCUT2D eigenvalue weighted by atomic mass is 16.3. The summed E-state index contributed by atoms with van der Waals surface area (Å²) in [6.07, 6.45) is 2.59. The van der Waals surface area contributed by atoms with E-state index in [-0.39, 0.29) is 6.10 Å². The van der Waals surface area contributed by atoms with Crippen LogP contribution in [0.15, 0.2) is 0 Å². The average molecular weight is 208 g/mol. The van der Waals surface area contributed by atoms with Crippen LogP contribution in [0.4, 0.5) is 0 Å². The van der Waals surface area contributed by atoms with Gasteiger partial charge in [0.25, 0.3) is 0 Å². The van der Waals surface area contributed by atoms with Crippen LogP contribution >= 0.6 is 0 Å². The second kappa shape index (κ2) is 3.57. The van der Waals surface area contributed by atoms with Crippen LogP contribution in [0.2, 0.25) is 0 Å². The van der Waals surface area contributed by atoms with Crippen LogP contribution in [0, 0.1) is 0 Å². The van der Waals surface area contributed by atoms with Crippen LogP contribution in [0.3, 0.4) is 0 Å². The molecule has 2 aliphatic heterocycles. The van der Waals surface area contributed by atoms with E-state index in [1.807, 2.05) is 0 Å². The zero-order chi connectivity index (χ0) is 10.3. The van der Waals surface area contributed by atoms with Gasteiger partial charge in [0.05, 0.1) is 12.6 Å². The maximum atomic E-state index is 9.65. The third-order valence-electron chi connectivity index (χ3n) is 3.38. The average Bonchev–Trinajstić information content (AvgIpc) is 2.83.